The van der Waals surface area contributed by atoms with Crippen LogP contribution in [0.25, 0.3) is 0 Å². The Morgan fingerprint density at radius 3 is 2.28 bits per heavy atom. The van der Waals surface area contributed by atoms with E-state index in [9.17, 15) is 0 Å². The molecule has 0 spiro atoms. The number of aromatic nitrogens is 1. The molecule has 3 aliphatic rings. The molecule has 0 unspecified atom stereocenters. The number of fused-ring (bicyclic) bond motifs is 5. The molecule has 0 fully saturated rings. The third-order valence-electron chi connectivity index (χ3n) is 11.6. The van der Waals surface area contributed by atoms with Crippen molar-refractivity contribution in [3.05, 3.63) is 178 Å². The molecular formula is C48H46N4O. The first-order chi connectivity index (χ1) is 25.5. The molecule has 3 aliphatic heterocycles. The van der Waals surface area contributed by atoms with Gasteiger partial charge in [-0.1, -0.05) is 120 Å². The molecule has 5 aromatic carbocycles. The second-order valence-corrected chi connectivity index (χ2v) is 16.4. The molecule has 9 rings (SSSR count). The van der Waals surface area contributed by atoms with Gasteiger partial charge in [0.1, 0.15) is 29.2 Å². The Morgan fingerprint density at radius 2 is 1.47 bits per heavy atom. The number of aliphatic imine (C=N–C) groups is 1. The molecule has 0 saturated heterocycles. The Kier molecular flexibility index (Phi) is 7.63. The third kappa shape index (κ3) is 5.44. The first kappa shape index (κ1) is 33.2. The van der Waals surface area contributed by atoms with Gasteiger partial charge in [-0.05, 0) is 94.1 Å². The molecule has 5 nitrogen and oxygen atoms in total. The van der Waals surface area contributed by atoms with Gasteiger partial charge in [-0.25, -0.2) is 4.98 Å². The van der Waals surface area contributed by atoms with Crippen LogP contribution in [0.5, 0.6) is 11.5 Å². The summed E-state index contributed by atoms with van der Waals surface area (Å²) in [5.74, 6) is 3.55. The lowest BCUT2D eigenvalue weighted by molar-refractivity contribution is 0.341. The Labute approximate surface area is 313 Å². The number of anilines is 3. The fourth-order valence-electron chi connectivity index (χ4n) is 8.70. The highest BCUT2D eigenvalue weighted by atomic mass is 16.5. The smallest absolute Gasteiger partial charge is 0.137 e. The van der Waals surface area contributed by atoms with Crippen LogP contribution >= 0.6 is 0 Å². The minimum absolute atomic E-state index is 0.0106. The van der Waals surface area contributed by atoms with Crippen LogP contribution in [0.2, 0.25) is 0 Å². The number of para-hydroxylation sites is 1. The van der Waals surface area contributed by atoms with Gasteiger partial charge in [0.05, 0.1) is 17.4 Å². The number of hydrogen-bond donors (Lipinski definition) is 0. The van der Waals surface area contributed by atoms with Crippen molar-refractivity contribution in [3.8, 4) is 11.5 Å². The zero-order chi connectivity index (χ0) is 36.6. The van der Waals surface area contributed by atoms with Gasteiger partial charge in [0.2, 0.25) is 0 Å². The Bertz CT molecular complexity index is 2420. The van der Waals surface area contributed by atoms with Gasteiger partial charge < -0.3 is 9.64 Å². The monoisotopic (exact) mass is 694 g/mol. The summed E-state index contributed by atoms with van der Waals surface area (Å²) in [6.45, 7) is 16.5. The first-order valence-electron chi connectivity index (χ1n) is 18.8. The molecule has 4 heterocycles. The van der Waals surface area contributed by atoms with Crippen molar-refractivity contribution in [1.82, 2.24) is 9.88 Å². The van der Waals surface area contributed by atoms with E-state index in [-0.39, 0.29) is 22.9 Å². The minimum atomic E-state index is -0.213. The standard InChI is InChI=1S/C48H46N4O/c1-30-25-31(2)42(28-37(30)46-50-44(32-15-9-8-10-16-32)45-36-18-12-11-17-33(36)29-51(45)46)53-35-21-22-39-41(27-35)52(40-20-14-13-19-38(40)48(39,6)7)43-26-34(23-24-49-43)47(3,4)5/h8-28,44-45H,29H2,1-7H3/t44-,45+/m1/s1. The van der Waals surface area contributed by atoms with Crippen LogP contribution in [-0.2, 0) is 17.4 Å². The van der Waals surface area contributed by atoms with E-state index < -0.39 is 0 Å². The largest absolute Gasteiger partial charge is 0.457 e. The quantitative estimate of drug-likeness (QED) is 0.180. The second-order valence-electron chi connectivity index (χ2n) is 16.4. The van der Waals surface area contributed by atoms with Gasteiger partial charge in [-0.15, -0.1) is 0 Å². The Morgan fingerprint density at radius 1 is 0.736 bits per heavy atom. The van der Waals surface area contributed by atoms with Gasteiger partial charge in [0.15, 0.2) is 0 Å². The number of ether oxygens (including phenoxy) is 1. The number of aryl methyl sites for hydroxylation is 2. The van der Waals surface area contributed by atoms with Crippen molar-refractivity contribution >= 4 is 23.0 Å². The molecule has 53 heavy (non-hydrogen) atoms. The lowest BCUT2D eigenvalue weighted by Crippen LogP contribution is -2.31. The lowest BCUT2D eigenvalue weighted by Gasteiger charge is -2.41. The van der Waals surface area contributed by atoms with Crippen LogP contribution in [0.3, 0.4) is 0 Å². The van der Waals surface area contributed by atoms with Crippen molar-refractivity contribution < 1.29 is 4.74 Å². The lowest BCUT2D eigenvalue weighted by atomic mass is 9.73. The molecule has 0 radical (unpaired) electrons. The fourth-order valence-corrected chi connectivity index (χ4v) is 8.70. The highest BCUT2D eigenvalue weighted by molar-refractivity contribution is 6.02. The van der Waals surface area contributed by atoms with Crippen LogP contribution in [0.4, 0.5) is 17.2 Å². The fraction of sp³-hybridized carbons (Fsp3) is 0.250. The molecule has 0 N–H and O–H groups in total. The van der Waals surface area contributed by atoms with E-state index in [2.05, 4.69) is 180 Å². The molecule has 1 aromatic heterocycles. The van der Waals surface area contributed by atoms with E-state index in [1.807, 2.05) is 6.20 Å². The van der Waals surface area contributed by atoms with E-state index in [1.165, 1.54) is 38.9 Å². The van der Waals surface area contributed by atoms with E-state index >= 15 is 0 Å². The van der Waals surface area contributed by atoms with E-state index in [0.29, 0.717) is 0 Å². The molecule has 264 valence electrons. The third-order valence-corrected chi connectivity index (χ3v) is 11.6. The van der Waals surface area contributed by atoms with Gasteiger partial charge in [0, 0.05) is 29.8 Å². The number of hydrogen-bond acceptors (Lipinski definition) is 5. The molecule has 0 amide bonds. The van der Waals surface area contributed by atoms with Crippen LogP contribution in [0.15, 0.2) is 133 Å². The zero-order valence-corrected chi connectivity index (χ0v) is 31.7. The highest BCUT2D eigenvalue weighted by Gasteiger charge is 2.44. The van der Waals surface area contributed by atoms with Crippen molar-refractivity contribution in [3.63, 3.8) is 0 Å². The maximum absolute atomic E-state index is 6.91. The van der Waals surface area contributed by atoms with Crippen molar-refractivity contribution in [1.29, 1.82) is 0 Å². The second kappa shape index (κ2) is 12.2. The Hall–Kier alpha value is -5.68. The molecule has 5 heteroatoms. The highest BCUT2D eigenvalue weighted by Crippen LogP contribution is 2.53. The number of rotatable bonds is 5. The predicted octanol–water partition coefficient (Wildman–Crippen LogP) is 12.0. The van der Waals surface area contributed by atoms with Crippen LogP contribution in [-0.4, -0.2) is 15.7 Å². The average Bonchev–Trinajstić information content (AvgIpc) is 3.71. The summed E-state index contributed by atoms with van der Waals surface area (Å²) in [7, 11) is 0. The van der Waals surface area contributed by atoms with E-state index in [4.69, 9.17) is 14.7 Å². The summed E-state index contributed by atoms with van der Waals surface area (Å²) in [5, 5.41) is 0. The number of amidine groups is 1. The summed E-state index contributed by atoms with van der Waals surface area (Å²) in [5.41, 5.74) is 13.1. The summed E-state index contributed by atoms with van der Waals surface area (Å²) >= 11 is 0. The molecular weight excluding hydrogens is 649 g/mol. The van der Waals surface area contributed by atoms with Crippen LogP contribution in [0.1, 0.15) is 96.8 Å². The summed E-state index contributed by atoms with van der Waals surface area (Å²) < 4.78 is 6.91. The van der Waals surface area contributed by atoms with Gasteiger partial charge in [0.25, 0.3) is 0 Å². The van der Waals surface area contributed by atoms with E-state index in [1.54, 1.807) is 0 Å². The van der Waals surface area contributed by atoms with Gasteiger partial charge >= 0.3 is 0 Å². The van der Waals surface area contributed by atoms with Crippen LogP contribution in [0, 0.1) is 13.8 Å². The van der Waals surface area contributed by atoms with Gasteiger partial charge in [-0.3, -0.25) is 9.89 Å². The number of nitrogens with zero attached hydrogens (tertiary/aromatic N) is 4. The van der Waals surface area contributed by atoms with E-state index in [0.717, 1.165) is 52.2 Å². The average molecular weight is 695 g/mol. The summed E-state index contributed by atoms with van der Waals surface area (Å²) in [6.07, 6.45) is 1.94. The van der Waals surface area contributed by atoms with Crippen molar-refractivity contribution in [2.24, 2.45) is 4.99 Å². The maximum Gasteiger partial charge on any atom is 0.137 e. The topological polar surface area (TPSA) is 41.0 Å². The SMILES string of the molecule is Cc1cc(C)c(C2=N[C@H](c3ccccc3)[C@@H]3c4ccccc4CN23)cc1Oc1ccc2c(c1)N(c1cc(C(C)(C)C)ccn1)c1ccccc1C2(C)C. The molecule has 0 bridgehead atoms. The van der Waals surface area contributed by atoms with Crippen molar-refractivity contribution in [2.75, 3.05) is 4.90 Å². The molecule has 0 aliphatic carbocycles. The van der Waals surface area contributed by atoms with Crippen LogP contribution < -0.4 is 9.64 Å². The van der Waals surface area contributed by atoms with Gasteiger partial charge in [-0.2, -0.15) is 0 Å². The zero-order valence-electron chi connectivity index (χ0n) is 31.7. The Balaban J connectivity index is 1.13. The maximum atomic E-state index is 6.91. The van der Waals surface area contributed by atoms with Crippen molar-refractivity contribution in [2.45, 2.75) is 77.9 Å². The summed E-state index contributed by atoms with van der Waals surface area (Å²) in [6, 6.07) is 43.8. The number of benzene rings is 5. The predicted molar refractivity (Wildman–Crippen MR) is 216 cm³/mol. The molecule has 0 saturated carbocycles. The minimum Gasteiger partial charge on any atom is -0.457 e. The molecule has 2 atom stereocenters. The first-order valence-corrected chi connectivity index (χ1v) is 18.8. The normalized spacial score (nSPS) is 18.2. The molecule has 6 aromatic rings. The number of pyridine rings is 1. The summed E-state index contributed by atoms with van der Waals surface area (Å²) in [4.78, 5) is 15.3.